The number of hydrogen-bond acceptors (Lipinski definition) is 5. The third-order valence-corrected chi connectivity index (χ3v) is 4.80. The van der Waals surface area contributed by atoms with Gasteiger partial charge in [-0.3, -0.25) is 9.48 Å². The Labute approximate surface area is 154 Å². The van der Waals surface area contributed by atoms with Gasteiger partial charge >= 0.3 is 0 Å². The predicted molar refractivity (Wildman–Crippen MR) is 100.0 cm³/mol. The van der Waals surface area contributed by atoms with Crippen molar-refractivity contribution in [3.05, 3.63) is 41.9 Å². The molecule has 7 heteroatoms. The maximum Gasteiger partial charge on any atom is 0.220 e. The molecular formula is C19H27N5O2. The second-order valence-electron chi connectivity index (χ2n) is 7.11. The summed E-state index contributed by atoms with van der Waals surface area (Å²) < 4.78 is 1.93. The molecule has 0 radical (unpaired) electrons. The molecule has 26 heavy (non-hydrogen) atoms. The first kappa shape index (κ1) is 18.4. The molecule has 0 spiro atoms. The van der Waals surface area contributed by atoms with Gasteiger partial charge in [0.1, 0.15) is 11.4 Å². The summed E-state index contributed by atoms with van der Waals surface area (Å²) in [6.45, 7) is 6.20. The summed E-state index contributed by atoms with van der Waals surface area (Å²) in [6, 6.07) is 7.77. The van der Waals surface area contributed by atoms with Crippen LogP contribution in [0.15, 0.2) is 30.5 Å². The van der Waals surface area contributed by atoms with Crippen LogP contribution in [0, 0.1) is 13.8 Å². The lowest BCUT2D eigenvalue weighted by molar-refractivity contribution is -0.122. The van der Waals surface area contributed by atoms with Crippen molar-refractivity contribution < 1.29 is 9.90 Å². The van der Waals surface area contributed by atoms with Gasteiger partial charge in [0.25, 0.3) is 0 Å². The smallest absolute Gasteiger partial charge is 0.220 e. The number of pyridine rings is 1. The van der Waals surface area contributed by atoms with Crippen molar-refractivity contribution in [1.29, 1.82) is 0 Å². The summed E-state index contributed by atoms with van der Waals surface area (Å²) in [6.07, 6.45) is 3.53. The number of hydrogen-bond donors (Lipinski definition) is 2. The maximum atomic E-state index is 12.1. The number of aliphatic hydroxyl groups is 1. The number of rotatable bonds is 7. The Bertz CT molecular complexity index is 746. The molecule has 140 valence electrons. The lowest BCUT2D eigenvalue weighted by Crippen LogP contribution is -2.45. The summed E-state index contributed by atoms with van der Waals surface area (Å²) >= 11 is 0. The van der Waals surface area contributed by atoms with Crippen LogP contribution in [-0.2, 0) is 11.3 Å². The van der Waals surface area contributed by atoms with Gasteiger partial charge in [0.2, 0.25) is 5.91 Å². The average Bonchev–Trinajstić information content (AvgIpc) is 3.17. The fourth-order valence-corrected chi connectivity index (χ4v) is 3.38. The Balaban J connectivity index is 1.41. The standard InChI is InChI=1S/C19H27N5O2/c1-15-12-16(2)24(22-15)10-5-7-18(25)21-13-19(26)8-11-23(14-19)17-6-3-4-9-20-17/h3-4,6,9,12,26H,5,7-8,10-11,13-14H2,1-2H3,(H,21,25)/t19-/m0/s1. The SMILES string of the molecule is Cc1cc(C)n(CCCC(=O)NC[C@@]2(O)CCN(c3ccccn3)C2)n1. The minimum Gasteiger partial charge on any atom is -0.386 e. The molecule has 0 bridgehead atoms. The number of nitrogens with zero attached hydrogens (tertiary/aromatic N) is 4. The van der Waals surface area contributed by atoms with E-state index in [1.54, 1.807) is 6.20 Å². The van der Waals surface area contributed by atoms with Gasteiger partial charge in [-0.15, -0.1) is 0 Å². The normalized spacial score (nSPS) is 19.7. The first-order valence-corrected chi connectivity index (χ1v) is 9.11. The van der Waals surface area contributed by atoms with Crippen molar-refractivity contribution in [1.82, 2.24) is 20.1 Å². The zero-order chi connectivity index (χ0) is 18.6. The molecule has 3 heterocycles. The van der Waals surface area contributed by atoms with Crippen LogP contribution in [0.3, 0.4) is 0 Å². The molecule has 1 aliphatic heterocycles. The van der Waals surface area contributed by atoms with E-state index in [-0.39, 0.29) is 12.5 Å². The number of anilines is 1. The molecule has 1 fully saturated rings. The van der Waals surface area contributed by atoms with E-state index in [0.29, 0.717) is 19.4 Å². The van der Waals surface area contributed by atoms with Crippen LogP contribution in [0.25, 0.3) is 0 Å². The summed E-state index contributed by atoms with van der Waals surface area (Å²) in [5.74, 6) is 0.830. The highest BCUT2D eigenvalue weighted by atomic mass is 16.3. The summed E-state index contributed by atoms with van der Waals surface area (Å²) in [4.78, 5) is 18.5. The second-order valence-corrected chi connectivity index (χ2v) is 7.11. The third-order valence-electron chi connectivity index (χ3n) is 4.80. The molecule has 1 aliphatic rings. The van der Waals surface area contributed by atoms with Gasteiger partial charge in [-0.1, -0.05) is 6.07 Å². The molecule has 0 aliphatic carbocycles. The zero-order valence-corrected chi connectivity index (χ0v) is 15.5. The Morgan fingerprint density at radius 1 is 1.38 bits per heavy atom. The molecule has 2 aromatic heterocycles. The number of carbonyl (C=O) groups excluding carboxylic acids is 1. The fourth-order valence-electron chi connectivity index (χ4n) is 3.38. The molecule has 0 unspecified atom stereocenters. The Morgan fingerprint density at radius 2 is 2.23 bits per heavy atom. The molecule has 2 aromatic rings. The van der Waals surface area contributed by atoms with Crippen LogP contribution in [0.2, 0.25) is 0 Å². The van der Waals surface area contributed by atoms with Crippen molar-refractivity contribution in [3.8, 4) is 0 Å². The Hall–Kier alpha value is -2.41. The molecule has 0 aromatic carbocycles. The van der Waals surface area contributed by atoms with Crippen molar-refractivity contribution >= 4 is 11.7 Å². The quantitative estimate of drug-likeness (QED) is 0.783. The van der Waals surface area contributed by atoms with Gasteiger partial charge in [0.15, 0.2) is 0 Å². The number of aryl methyl sites for hydroxylation is 3. The maximum absolute atomic E-state index is 12.1. The topological polar surface area (TPSA) is 83.3 Å². The molecule has 2 N–H and O–H groups in total. The average molecular weight is 357 g/mol. The highest BCUT2D eigenvalue weighted by molar-refractivity contribution is 5.75. The summed E-state index contributed by atoms with van der Waals surface area (Å²) in [7, 11) is 0. The van der Waals surface area contributed by atoms with E-state index >= 15 is 0 Å². The largest absolute Gasteiger partial charge is 0.386 e. The minimum atomic E-state index is -0.900. The van der Waals surface area contributed by atoms with Gasteiger partial charge in [-0.25, -0.2) is 4.98 Å². The van der Waals surface area contributed by atoms with E-state index in [9.17, 15) is 9.90 Å². The van der Waals surface area contributed by atoms with E-state index in [2.05, 4.69) is 20.3 Å². The van der Waals surface area contributed by atoms with Crippen LogP contribution in [-0.4, -0.2) is 51.0 Å². The van der Waals surface area contributed by atoms with E-state index in [0.717, 1.165) is 36.7 Å². The van der Waals surface area contributed by atoms with Crippen LogP contribution in [0.4, 0.5) is 5.82 Å². The van der Waals surface area contributed by atoms with E-state index in [1.807, 2.05) is 42.8 Å². The van der Waals surface area contributed by atoms with Crippen molar-refractivity contribution in [2.24, 2.45) is 0 Å². The molecule has 0 saturated carbocycles. The lowest BCUT2D eigenvalue weighted by atomic mass is 10.0. The second kappa shape index (κ2) is 7.86. The van der Waals surface area contributed by atoms with Gasteiger partial charge in [0.05, 0.1) is 5.69 Å². The molecule has 1 amide bonds. The number of nitrogens with one attached hydrogen (secondary N) is 1. The van der Waals surface area contributed by atoms with E-state index in [4.69, 9.17) is 0 Å². The Kier molecular flexibility index (Phi) is 5.56. The van der Waals surface area contributed by atoms with Crippen molar-refractivity contribution in [3.63, 3.8) is 0 Å². The van der Waals surface area contributed by atoms with Gasteiger partial charge < -0.3 is 15.3 Å². The van der Waals surface area contributed by atoms with E-state index in [1.165, 1.54) is 0 Å². The first-order chi connectivity index (χ1) is 12.5. The molecule has 3 rings (SSSR count). The number of carbonyl (C=O) groups is 1. The van der Waals surface area contributed by atoms with E-state index < -0.39 is 5.60 Å². The number of β-amino-alcohol motifs (C(OH)–C–C–N with tert-alkyl or cyclic N) is 1. The predicted octanol–water partition coefficient (Wildman–Crippen LogP) is 1.43. The van der Waals surface area contributed by atoms with Gasteiger partial charge in [-0.2, -0.15) is 5.10 Å². The number of amides is 1. The molecule has 7 nitrogen and oxygen atoms in total. The van der Waals surface area contributed by atoms with Crippen LogP contribution >= 0.6 is 0 Å². The van der Waals surface area contributed by atoms with Gasteiger partial charge in [0, 0.05) is 44.5 Å². The van der Waals surface area contributed by atoms with Crippen LogP contribution in [0.5, 0.6) is 0 Å². The highest BCUT2D eigenvalue weighted by Crippen LogP contribution is 2.24. The van der Waals surface area contributed by atoms with Crippen molar-refractivity contribution in [2.45, 2.75) is 45.3 Å². The number of aromatic nitrogens is 3. The third kappa shape index (κ3) is 4.60. The summed E-state index contributed by atoms with van der Waals surface area (Å²) in [5, 5.41) is 18.0. The molecular weight excluding hydrogens is 330 g/mol. The molecule has 1 saturated heterocycles. The monoisotopic (exact) mass is 357 g/mol. The zero-order valence-electron chi connectivity index (χ0n) is 15.5. The summed E-state index contributed by atoms with van der Waals surface area (Å²) in [5.41, 5.74) is 1.20. The lowest BCUT2D eigenvalue weighted by Gasteiger charge is -2.24. The minimum absolute atomic E-state index is 0.0313. The highest BCUT2D eigenvalue weighted by Gasteiger charge is 2.36. The Morgan fingerprint density at radius 3 is 2.92 bits per heavy atom. The fraction of sp³-hybridized carbons (Fsp3) is 0.526. The van der Waals surface area contributed by atoms with Crippen LogP contribution < -0.4 is 10.2 Å². The van der Waals surface area contributed by atoms with Gasteiger partial charge in [-0.05, 0) is 44.9 Å². The molecule has 1 atom stereocenters. The van der Waals surface area contributed by atoms with Crippen LogP contribution in [0.1, 0.15) is 30.7 Å². The van der Waals surface area contributed by atoms with Crippen molar-refractivity contribution in [2.75, 3.05) is 24.5 Å². The first-order valence-electron chi connectivity index (χ1n) is 9.11.